The Bertz CT molecular complexity index is 784. The van der Waals surface area contributed by atoms with Gasteiger partial charge in [0.25, 0.3) is 5.56 Å². The van der Waals surface area contributed by atoms with Gasteiger partial charge in [-0.1, -0.05) is 22.9 Å². The van der Waals surface area contributed by atoms with Crippen LogP contribution in [0.15, 0.2) is 33.8 Å². The highest BCUT2D eigenvalue weighted by atomic mass is 79.9. The number of sulfone groups is 1. The topological polar surface area (TPSA) is 69.0 Å². The van der Waals surface area contributed by atoms with Gasteiger partial charge in [0.15, 0.2) is 0 Å². The summed E-state index contributed by atoms with van der Waals surface area (Å²) in [5.41, 5.74) is 0.484. The summed E-state index contributed by atoms with van der Waals surface area (Å²) in [5, 5.41) is 0.536. The molecule has 108 valence electrons. The molecule has 2 aromatic rings. The molecule has 2 rings (SSSR count). The maximum atomic E-state index is 12.2. The zero-order chi connectivity index (χ0) is 14.8. The van der Waals surface area contributed by atoms with Gasteiger partial charge in [-0.25, -0.2) is 13.4 Å². The summed E-state index contributed by atoms with van der Waals surface area (Å²) in [6.45, 7) is 1.98. The lowest BCUT2D eigenvalue weighted by atomic mass is 10.2. The van der Waals surface area contributed by atoms with Crippen molar-refractivity contribution in [3.05, 3.63) is 39.4 Å². The molecular weight excluding hydrogens is 344 g/mol. The maximum absolute atomic E-state index is 12.2. The van der Waals surface area contributed by atoms with Gasteiger partial charge in [0.05, 0.1) is 23.0 Å². The molecular formula is C13H15BrN2O3S. The van der Waals surface area contributed by atoms with Crippen LogP contribution in [0.5, 0.6) is 0 Å². The third-order valence-electron chi connectivity index (χ3n) is 3.08. The summed E-state index contributed by atoms with van der Waals surface area (Å²) >= 11 is 3.33. The highest BCUT2D eigenvalue weighted by molar-refractivity contribution is 9.10. The number of benzene rings is 1. The Balaban J connectivity index is 2.22. The van der Waals surface area contributed by atoms with E-state index < -0.39 is 9.84 Å². The van der Waals surface area contributed by atoms with Crippen molar-refractivity contribution in [2.24, 2.45) is 0 Å². The molecule has 5 nitrogen and oxygen atoms in total. The third-order valence-corrected chi connectivity index (χ3v) is 5.37. The van der Waals surface area contributed by atoms with Crippen molar-refractivity contribution in [2.45, 2.75) is 19.9 Å². The van der Waals surface area contributed by atoms with Crippen LogP contribution in [0.3, 0.4) is 0 Å². The van der Waals surface area contributed by atoms with E-state index in [0.29, 0.717) is 23.9 Å². The van der Waals surface area contributed by atoms with Gasteiger partial charge < -0.3 is 0 Å². The standard InChI is InChI=1S/C13H15BrN2O3S/c1-2-20(18,19)7-3-6-16-9-15-12-8-10(14)4-5-11(12)13(16)17/h4-5,8-9H,2-3,6-7H2,1H3. The van der Waals surface area contributed by atoms with E-state index in [4.69, 9.17) is 0 Å². The average Bonchev–Trinajstić information content (AvgIpc) is 2.41. The molecule has 1 heterocycles. The second kappa shape index (κ2) is 6.05. The molecule has 0 saturated carbocycles. The second-order valence-electron chi connectivity index (χ2n) is 4.49. The van der Waals surface area contributed by atoms with Crippen molar-refractivity contribution in [3.8, 4) is 0 Å². The van der Waals surface area contributed by atoms with E-state index in [1.165, 1.54) is 10.9 Å². The molecule has 0 bridgehead atoms. The molecule has 1 aromatic heterocycles. The van der Waals surface area contributed by atoms with E-state index in [1.54, 1.807) is 25.1 Å². The van der Waals surface area contributed by atoms with Crippen LogP contribution in [0.4, 0.5) is 0 Å². The summed E-state index contributed by atoms with van der Waals surface area (Å²) in [7, 11) is -2.99. The Hall–Kier alpha value is -1.21. The van der Waals surface area contributed by atoms with E-state index in [0.717, 1.165) is 4.47 Å². The number of hydrogen-bond donors (Lipinski definition) is 0. The average molecular weight is 359 g/mol. The predicted octanol–water partition coefficient (Wildman–Crippen LogP) is 1.98. The number of aromatic nitrogens is 2. The van der Waals surface area contributed by atoms with Gasteiger partial charge in [0.2, 0.25) is 0 Å². The van der Waals surface area contributed by atoms with Gasteiger partial charge in [0, 0.05) is 16.8 Å². The van der Waals surface area contributed by atoms with Crippen molar-refractivity contribution < 1.29 is 8.42 Å². The number of halogens is 1. The van der Waals surface area contributed by atoms with E-state index in [1.807, 2.05) is 0 Å². The fourth-order valence-corrected chi connectivity index (χ4v) is 3.10. The Morgan fingerprint density at radius 1 is 1.35 bits per heavy atom. The fraction of sp³-hybridized carbons (Fsp3) is 0.385. The smallest absolute Gasteiger partial charge is 0.261 e. The largest absolute Gasteiger partial charge is 0.299 e. The molecule has 0 atom stereocenters. The van der Waals surface area contributed by atoms with Gasteiger partial charge in [-0.2, -0.15) is 0 Å². The summed E-state index contributed by atoms with van der Waals surface area (Å²) in [4.78, 5) is 16.4. The molecule has 0 saturated heterocycles. The zero-order valence-electron chi connectivity index (χ0n) is 11.0. The lowest BCUT2D eigenvalue weighted by Gasteiger charge is -2.06. The van der Waals surface area contributed by atoms with Crippen molar-refractivity contribution in [1.82, 2.24) is 9.55 Å². The van der Waals surface area contributed by atoms with Crippen LogP contribution in [-0.4, -0.2) is 29.5 Å². The van der Waals surface area contributed by atoms with Gasteiger partial charge in [-0.05, 0) is 24.6 Å². The molecule has 0 aliphatic rings. The van der Waals surface area contributed by atoms with Crippen LogP contribution < -0.4 is 5.56 Å². The van der Waals surface area contributed by atoms with Gasteiger partial charge in [-0.3, -0.25) is 9.36 Å². The van der Waals surface area contributed by atoms with E-state index in [2.05, 4.69) is 20.9 Å². The fourth-order valence-electron chi connectivity index (χ4n) is 1.89. The van der Waals surface area contributed by atoms with Crippen LogP contribution >= 0.6 is 15.9 Å². The van der Waals surface area contributed by atoms with E-state index in [-0.39, 0.29) is 17.1 Å². The van der Waals surface area contributed by atoms with Gasteiger partial charge in [0.1, 0.15) is 9.84 Å². The molecule has 0 aliphatic carbocycles. The Morgan fingerprint density at radius 3 is 2.80 bits per heavy atom. The molecule has 0 fully saturated rings. The Morgan fingerprint density at radius 2 is 2.10 bits per heavy atom. The molecule has 0 aliphatic heterocycles. The molecule has 20 heavy (non-hydrogen) atoms. The molecule has 0 unspecified atom stereocenters. The Labute approximate surface area is 125 Å². The minimum Gasteiger partial charge on any atom is -0.299 e. The number of fused-ring (bicyclic) bond motifs is 1. The minimum absolute atomic E-state index is 0.0916. The first-order valence-electron chi connectivity index (χ1n) is 6.28. The van der Waals surface area contributed by atoms with Crippen LogP contribution in [0.25, 0.3) is 10.9 Å². The van der Waals surface area contributed by atoms with Gasteiger partial charge in [-0.15, -0.1) is 0 Å². The summed E-state index contributed by atoms with van der Waals surface area (Å²) < 4.78 is 25.2. The molecule has 1 aromatic carbocycles. The normalized spacial score (nSPS) is 11.9. The summed E-state index contributed by atoms with van der Waals surface area (Å²) in [5.74, 6) is 0.222. The third kappa shape index (κ3) is 3.46. The highest BCUT2D eigenvalue weighted by Gasteiger charge is 2.08. The molecule has 0 radical (unpaired) electrons. The highest BCUT2D eigenvalue weighted by Crippen LogP contribution is 2.14. The number of aryl methyl sites for hydroxylation is 1. The lowest BCUT2D eigenvalue weighted by Crippen LogP contribution is -2.22. The molecule has 0 spiro atoms. The number of rotatable bonds is 5. The first-order valence-corrected chi connectivity index (χ1v) is 8.89. The van der Waals surface area contributed by atoms with Crippen LogP contribution in [-0.2, 0) is 16.4 Å². The SMILES string of the molecule is CCS(=O)(=O)CCCn1cnc2cc(Br)ccc2c1=O. The minimum atomic E-state index is -2.99. The molecule has 0 amide bonds. The first kappa shape index (κ1) is 15.2. The zero-order valence-corrected chi connectivity index (χ0v) is 13.4. The van der Waals surface area contributed by atoms with Crippen LogP contribution in [0.2, 0.25) is 0 Å². The Kier molecular flexibility index (Phi) is 4.59. The number of hydrogen-bond acceptors (Lipinski definition) is 4. The van der Waals surface area contributed by atoms with E-state index in [9.17, 15) is 13.2 Å². The van der Waals surface area contributed by atoms with Crippen LogP contribution in [0.1, 0.15) is 13.3 Å². The lowest BCUT2D eigenvalue weighted by molar-refractivity contribution is 0.584. The number of nitrogens with zero attached hydrogens (tertiary/aromatic N) is 2. The van der Waals surface area contributed by atoms with E-state index >= 15 is 0 Å². The quantitative estimate of drug-likeness (QED) is 0.819. The van der Waals surface area contributed by atoms with Crippen molar-refractivity contribution in [2.75, 3.05) is 11.5 Å². The second-order valence-corrected chi connectivity index (χ2v) is 7.88. The van der Waals surface area contributed by atoms with Crippen LogP contribution in [0, 0.1) is 0 Å². The monoisotopic (exact) mass is 358 g/mol. The van der Waals surface area contributed by atoms with Crippen molar-refractivity contribution in [3.63, 3.8) is 0 Å². The predicted molar refractivity (Wildman–Crippen MR) is 82.6 cm³/mol. The first-order chi connectivity index (χ1) is 9.43. The van der Waals surface area contributed by atoms with Crippen molar-refractivity contribution in [1.29, 1.82) is 0 Å². The summed E-state index contributed by atoms with van der Waals surface area (Å²) in [6, 6.07) is 5.29. The maximum Gasteiger partial charge on any atom is 0.261 e. The molecule has 7 heteroatoms. The van der Waals surface area contributed by atoms with Crippen molar-refractivity contribution >= 4 is 36.7 Å². The summed E-state index contributed by atoms with van der Waals surface area (Å²) in [6.07, 6.45) is 1.88. The van der Waals surface area contributed by atoms with Gasteiger partial charge >= 0.3 is 0 Å². The molecule has 0 N–H and O–H groups in total.